The smallest absolute Gasteiger partial charge is 0.462 e. The largest absolute Gasteiger partial charge is 0.472 e. The molecule has 108 heavy (non-hydrogen) atoms. The van der Waals surface area contributed by atoms with E-state index in [0.29, 0.717) is 38.5 Å². The number of allylic oxidation sites excluding steroid dienone is 22. The lowest BCUT2D eigenvalue weighted by Gasteiger charge is -2.21. The van der Waals surface area contributed by atoms with Crippen molar-refractivity contribution in [1.29, 1.82) is 0 Å². The number of carbonyl (C=O) groups excluding carboxylic acids is 4. The maximum Gasteiger partial charge on any atom is 0.472 e. The van der Waals surface area contributed by atoms with Crippen LogP contribution in [0.1, 0.15) is 349 Å². The van der Waals surface area contributed by atoms with Crippen LogP contribution < -0.4 is 0 Å². The zero-order valence-electron chi connectivity index (χ0n) is 68.0. The summed E-state index contributed by atoms with van der Waals surface area (Å²) in [7, 11) is -10.0. The van der Waals surface area contributed by atoms with E-state index in [4.69, 9.17) is 37.0 Å². The Hall–Kier alpha value is -4.80. The lowest BCUT2D eigenvalue weighted by atomic mass is 10.0. The molecule has 0 aromatic heterocycles. The fourth-order valence-corrected chi connectivity index (χ4v) is 12.8. The molecule has 0 spiro atoms. The molecule has 0 aliphatic rings. The van der Waals surface area contributed by atoms with Crippen molar-refractivity contribution < 1.29 is 80.2 Å². The maximum absolute atomic E-state index is 13.1. The molecule has 17 nitrogen and oxygen atoms in total. The van der Waals surface area contributed by atoms with Crippen LogP contribution in [0.25, 0.3) is 0 Å². The first-order chi connectivity index (χ1) is 52.7. The Labute approximate surface area is 656 Å². The molecule has 0 fully saturated rings. The first-order valence-electron chi connectivity index (χ1n) is 42.4. The summed E-state index contributed by atoms with van der Waals surface area (Å²) in [6.45, 7) is 4.62. The Morgan fingerprint density at radius 2 is 0.500 bits per heavy atom. The summed E-state index contributed by atoms with van der Waals surface area (Å²) in [6.07, 6.45) is 91.6. The van der Waals surface area contributed by atoms with Gasteiger partial charge in [-0.3, -0.25) is 37.3 Å². The van der Waals surface area contributed by atoms with Crippen molar-refractivity contribution in [1.82, 2.24) is 0 Å². The van der Waals surface area contributed by atoms with Crippen LogP contribution >= 0.6 is 15.6 Å². The van der Waals surface area contributed by atoms with E-state index in [1.165, 1.54) is 148 Å². The van der Waals surface area contributed by atoms with E-state index >= 15 is 0 Å². The van der Waals surface area contributed by atoms with E-state index in [1.54, 1.807) is 0 Å². The van der Waals surface area contributed by atoms with Gasteiger partial charge in [-0.25, -0.2) is 9.13 Å². The Morgan fingerprint density at radius 1 is 0.269 bits per heavy atom. The monoisotopic (exact) mass is 1560 g/mol. The number of ether oxygens (including phenoxy) is 4. The van der Waals surface area contributed by atoms with Gasteiger partial charge in [-0.05, 0) is 103 Å². The van der Waals surface area contributed by atoms with Gasteiger partial charge in [0.05, 0.1) is 26.4 Å². The van der Waals surface area contributed by atoms with Crippen molar-refractivity contribution in [3.8, 4) is 0 Å². The molecule has 0 aromatic carbocycles. The van der Waals surface area contributed by atoms with Crippen molar-refractivity contribution in [2.24, 2.45) is 0 Å². The van der Waals surface area contributed by atoms with E-state index in [-0.39, 0.29) is 25.7 Å². The topological polar surface area (TPSA) is 237 Å². The van der Waals surface area contributed by atoms with Crippen LogP contribution in [-0.2, 0) is 65.4 Å². The van der Waals surface area contributed by atoms with Crippen molar-refractivity contribution in [2.75, 3.05) is 39.6 Å². The number of phosphoric acid groups is 2. The number of hydrogen-bond donors (Lipinski definition) is 3. The summed E-state index contributed by atoms with van der Waals surface area (Å²) in [6, 6.07) is 0. The third-order valence-electron chi connectivity index (χ3n) is 17.7. The molecule has 0 rings (SSSR count). The second-order valence-electron chi connectivity index (χ2n) is 28.1. The van der Waals surface area contributed by atoms with Crippen LogP contribution in [0.15, 0.2) is 134 Å². The number of carbonyl (C=O) groups is 4. The number of rotatable bonds is 79. The van der Waals surface area contributed by atoms with Crippen molar-refractivity contribution in [3.05, 3.63) is 134 Å². The van der Waals surface area contributed by atoms with Crippen LogP contribution in [-0.4, -0.2) is 96.7 Å². The molecule has 0 radical (unpaired) electrons. The maximum atomic E-state index is 13.1. The molecule has 0 aliphatic heterocycles. The highest BCUT2D eigenvalue weighted by molar-refractivity contribution is 7.47. The lowest BCUT2D eigenvalue weighted by molar-refractivity contribution is -0.161. The average molecular weight is 1560 g/mol. The fourth-order valence-electron chi connectivity index (χ4n) is 11.2. The van der Waals surface area contributed by atoms with Gasteiger partial charge >= 0.3 is 39.5 Å². The zero-order chi connectivity index (χ0) is 78.9. The summed E-state index contributed by atoms with van der Waals surface area (Å²) in [5.74, 6) is -2.35. The standard InChI is InChI=1S/C89H152O17P2/c1-5-9-13-17-21-25-29-33-37-39-41-43-47-50-54-58-62-66-70-74-87(92)100-80-84(105-88(93)75-71-67-63-59-55-51-46-36-32-28-24-20-16-12-8-4)81-103-107(95,96)101-77-83(90)78-102-108(97,98)104-82-85(79-99-86(91)73-69-65-61-57-53-49-45-35-31-27-23-19-15-11-7-3)106-89(94)76-72-68-64-60-56-52-48-44-42-40-38-34-30-26-22-18-14-10-6-2/h10,14,21-22,25-26,33-34,37-38,41-44,50,52,54,56,62,64,66,68,83-85,90H,5-9,11-13,15-20,23-24,27-32,35-36,39-40,45-49,51,53,55,57-61,63,65,67,69-82H2,1-4H3,(H,95,96)(H,97,98)/b14-10-,25-21-,26-22-,37-33-,38-34-,43-41-,44-42-,54-50-,56-52-,66-62-,68-64-/t83-,84-,85-/m1/s1. The molecule has 5 atom stereocenters. The quantitative estimate of drug-likeness (QED) is 0.0169. The number of aliphatic hydroxyl groups excluding tert-OH is 1. The van der Waals surface area contributed by atoms with Gasteiger partial charge < -0.3 is 33.8 Å². The molecular formula is C89H152O17P2. The van der Waals surface area contributed by atoms with E-state index < -0.39 is 97.5 Å². The molecule has 0 aromatic rings. The average Bonchev–Trinajstić information content (AvgIpc) is 0.899. The summed E-state index contributed by atoms with van der Waals surface area (Å²) >= 11 is 0. The van der Waals surface area contributed by atoms with Gasteiger partial charge in [0.25, 0.3) is 0 Å². The summed E-state index contributed by atoms with van der Waals surface area (Å²) in [4.78, 5) is 73.1. The van der Waals surface area contributed by atoms with Gasteiger partial charge in [-0.1, -0.05) is 354 Å². The number of unbranched alkanes of at least 4 members (excludes halogenated alkanes) is 31. The highest BCUT2D eigenvalue weighted by Gasteiger charge is 2.30. The molecule has 0 saturated heterocycles. The van der Waals surface area contributed by atoms with Gasteiger partial charge in [-0.2, -0.15) is 0 Å². The van der Waals surface area contributed by atoms with E-state index in [2.05, 4.69) is 131 Å². The Morgan fingerprint density at radius 3 is 0.815 bits per heavy atom. The molecule has 0 heterocycles. The van der Waals surface area contributed by atoms with Crippen LogP contribution in [0.3, 0.4) is 0 Å². The third kappa shape index (κ3) is 79.3. The molecule has 0 saturated carbocycles. The number of phosphoric ester groups is 2. The highest BCUT2D eigenvalue weighted by Crippen LogP contribution is 2.45. The normalized spacial score (nSPS) is 14.5. The number of hydrogen-bond acceptors (Lipinski definition) is 15. The van der Waals surface area contributed by atoms with Gasteiger partial charge in [-0.15, -0.1) is 0 Å². The molecule has 0 amide bonds. The van der Waals surface area contributed by atoms with Crippen LogP contribution in [0.5, 0.6) is 0 Å². The molecule has 0 bridgehead atoms. The first kappa shape index (κ1) is 103. The summed E-state index contributed by atoms with van der Waals surface area (Å²) in [5, 5.41) is 10.7. The second-order valence-corrected chi connectivity index (χ2v) is 31.0. The Balaban J connectivity index is 5.48. The Bertz CT molecular complexity index is 2560. The molecule has 2 unspecified atom stereocenters. The van der Waals surface area contributed by atoms with Crippen LogP contribution in [0, 0.1) is 0 Å². The Kier molecular flexibility index (Phi) is 76.7. The van der Waals surface area contributed by atoms with Crippen LogP contribution in [0.2, 0.25) is 0 Å². The zero-order valence-corrected chi connectivity index (χ0v) is 69.8. The first-order valence-corrected chi connectivity index (χ1v) is 45.4. The molecular weight excluding hydrogens is 1400 g/mol. The van der Waals surface area contributed by atoms with Gasteiger partial charge in [0.1, 0.15) is 19.3 Å². The second kappa shape index (κ2) is 80.3. The summed E-state index contributed by atoms with van der Waals surface area (Å²) < 4.78 is 68.6. The van der Waals surface area contributed by atoms with Gasteiger partial charge in [0.2, 0.25) is 0 Å². The molecule has 620 valence electrons. The predicted molar refractivity (Wildman–Crippen MR) is 445 cm³/mol. The molecule has 3 N–H and O–H groups in total. The van der Waals surface area contributed by atoms with Gasteiger partial charge in [0, 0.05) is 25.7 Å². The summed E-state index contributed by atoms with van der Waals surface area (Å²) in [5.41, 5.74) is 0. The minimum atomic E-state index is -5.01. The third-order valence-corrected chi connectivity index (χ3v) is 19.6. The fraction of sp³-hybridized carbons (Fsp3) is 0.708. The predicted octanol–water partition coefficient (Wildman–Crippen LogP) is 25.2. The highest BCUT2D eigenvalue weighted by atomic mass is 31.2. The number of aliphatic hydroxyl groups is 1. The van der Waals surface area contributed by atoms with E-state index in [0.717, 1.165) is 109 Å². The van der Waals surface area contributed by atoms with Crippen LogP contribution in [0.4, 0.5) is 0 Å². The number of esters is 4. The van der Waals surface area contributed by atoms with E-state index in [9.17, 15) is 43.2 Å². The van der Waals surface area contributed by atoms with Crippen molar-refractivity contribution >= 4 is 39.5 Å². The van der Waals surface area contributed by atoms with Crippen molar-refractivity contribution in [2.45, 2.75) is 367 Å². The van der Waals surface area contributed by atoms with Crippen molar-refractivity contribution in [3.63, 3.8) is 0 Å². The van der Waals surface area contributed by atoms with Gasteiger partial charge in [0.15, 0.2) is 12.2 Å². The molecule has 19 heteroatoms. The SMILES string of the molecule is CC/C=C\C/C=C\C/C=C\C/C=C\C/C=C\C/C=C\CCC(=O)O[C@H](COC(=O)CCCCCCCCCCCCCCCCC)COP(=O)(O)OC[C@H](O)COP(=O)(O)OC[C@@H](COC(=O)CC/C=C\C/C=C\C/C=C\C/C=C\C/C=C\CCCCC)OC(=O)CCCCCCCCCCCCCCCCC. The lowest BCUT2D eigenvalue weighted by Crippen LogP contribution is -2.30. The molecule has 0 aliphatic carbocycles. The van der Waals surface area contributed by atoms with E-state index in [1.807, 2.05) is 30.4 Å². The minimum Gasteiger partial charge on any atom is -0.462 e. The minimum absolute atomic E-state index is 0.0322.